The quantitative estimate of drug-likeness (QED) is 0.926. The molecule has 1 aliphatic heterocycles. The van der Waals surface area contributed by atoms with Gasteiger partial charge >= 0.3 is 0 Å². The maximum Gasteiger partial charge on any atom is 0.228 e. The molecular formula is C14H22ClN3OS. The van der Waals surface area contributed by atoms with Crippen LogP contribution in [0.5, 0.6) is 0 Å². The molecule has 0 aromatic carbocycles. The number of hydrogen-bond donors (Lipinski definition) is 1. The van der Waals surface area contributed by atoms with Crippen molar-refractivity contribution in [1.82, 2.24) is 9.88 Å². The van der Waals surface area contributed by atoms with Crippen molar-refractivity contribution in [3.05, 3.63) is 16.1 Å². The van der Waals surface area contributed by atoms with Gasteiger partial charge in [-0.3, -0.25) is 4.79 Å². The number of likely N-dealkylation sites (tertiary alicyclic amines) is 1. The summed E-state index contributed by atoms with van der Waals surface area (Å²) < 4.78 is 0. The standard InChI is InChI=1S/C14H21N3OS.ClH/c1-2-13-16-10(8-19-13)5-14(18)17-6-9-3-4-12(15)11(9)7-17;/h8-9,11-12H,2-7,15H2,1H3;1H. The summed E-state index contributed by atoms with van der Waals surface area (Å²) in [4.78, 5) is 18.8. The number of rotatable bonds is 3. The summed E-state index contributed by atoms with van der Waals surface area (Å²) in [7, 11) is 0. The Labute approximate surface area is 130 Å². The molecule has 3 rings (SSSR count). The van der Waals surface area contributed by atoms with E-state index in [0.29, 0.717) is 24.3 Å². The molecule has 3 unspecified atom stereocenters. The SMILES string of the molecule is CCc1nc(CC(=O)N2CC3CCC(N)C3C2)cs1.Cl. The number of hydrogen-bond acceptors (Lipinski definition) is 4. The minimum absolute atomic E-state index is 0. The zero-order chi connectivity index (χ0) is 13.4. The summed E-state index contributed by atoms with van der Waals surface area (Å²) in [6, 6.07) is 0.300. The van der Waals surface area contributed by atoms with E-state index in [0.717, 1.165) is 36.6 Å². The third kappa shape index (κ3) is 3.00. The molecule has 3 atom stereocenters. The van der Waals surface area contributed by atoms with Crippen LogP contribution < -0.4 is 5.73 Å². The highest BCUT2D eigenvalue weighted by Crippen LogP contribution is 2.37. The summed E-state index contributed by atoms with van der Waals surface area (Å²) in [6.07, 6.45) is 3.71. The third-order valence-corrected chi connectivity index (χ3v) is 5.54. The Morgan fingerprint density at radius 1 is 1.50 bits per heavy atom. The molecule has 6 heteroatoms. The lowest BCUT2D eigenvalue weighted by Gasteiger charge is -2.18. The number of carbonyl (C=O) groups excluding carboxylic acids is 1. The fourth-order valence-electron chi connectivity index (χ4n) is 3.37. The number of amides is 1. The van der Waals surface area contributed by atoms with Crippen LogP contribution in [0.25, 0.3) is 0 Å². The van der Waals surface area contributed by atoms with Crippen molar-refractivity contribution in [2.24, 2.45) is 17.6 Å². The van der Waals surface area contributed by atoms with Gasteiger partial charge < -0.3 is 10.6 Å². The Kier molecular flexibility index (Phi) is 5.04. The zero-order valence-corrected chi connectivity index (χ0v) is 13.4. The first kappa shape index (κ1) is 15.7. The van der Waals surface area contributed by atoms with E-state index in [1.807, 2.05) is 10.3 Å². The van der Waals surface area contributed by atoms with Gasteiger partial charge in [0.2, 0.25) is 5.91 Å². The molecular weight excluding hydrogens is 294 g/mol. The lowest BCUT2D eigenvalue weighted by atomic mass is 9.98. The monoisotopic (exact) mass is 315 g/mol. The molecule has 1 aromatic rings. The minimum atomic E-state index is 0. The molecule has 1 saturated heterocycles. The molecule has 0 radical (unpaired) electrons. The molecule has 2 heterocycles. The van der Waals surface area contributed by atoms with Gasteiger partial charge in [-0.05, 0) is 31.1 Å². The molecule has 2 fully saturated rings. The average molecular weight is 316 g/mol. The van der Waals surface area contributed by atoms with Crippen LogP contribution in [0.3, 0.4) is 0 Å². The van der Waals surface area contributed by atoms with E-state index >= 15 is 0 Å². The third-order valence-electron chi connectivity index (χ3n) is 4.50. The van der Waals surface area contributed by atoms with Gasteiger partial charge in [0.15, 0.2) is 0 Å². The second kappa shape index (κ2) is 6.41. The van der Waals surface area contributed by atoms with Crippen molar-refractivity contribution < 1.29 is 4.79 Å². The van der Waals surface area contributed by atoms with Crippen molar-refractivity contribution >= 4 is 29.7 Å². The van der Waals surface area contributed by atoms with Crippen LogP contribution in [-0.2, 0) is 17.6 Å². The Balaban J connectivity index is 0.00000147. The lowest BCUT2D eigenvalue weighted by molar-refractivity contribution is -0.129. The lowest BCUT2D eigenvalue weighted by Crippen LogP contribution is -2.34. The van der Waals surface area contributed by atoms with Crippen molar-refractivity contribution in [3.63, 3.8) is 0 Å². The van der Waals surface area contributed by atoms with E-state index in [-0.39, 0.29) is 18.3 Å². The molecule has 1 saturated carbocycles. The second-order valence-corrected chi connectivity index (χ2v) is 6.67. The molecule has 1 amide bonds. The molecule has 1 aromatic heterocycles. The van der Waals surface area contributed by atoms with Gasteiger partial charge in [-0.1, -0.05) is 6.92 Å². The van der Waals surface area contributed by atoms with E-state index in [2.05, 4.69) is 11.9 Å². The van der Waals surface area contributed by atoms with E-state index in [1.165, 1.54) is 6.42 Å². The van der Waals surface area contributed by atoms with Gasteiger partial charge in [0.25, 0.3) is 0 Å². The van der Waals surface area contributed by atoms with Crippen molar-refractivity contribution in [3.8, 4) is 0 Å². The Morgan fingerprint density at radius 3 is 2.95 bits per heavy atom. The van der Waals surface area contributed by atoms with E-state index in [1.54, 1.807) is 11.3 Å². The number of aryl methyl sites for hydroxylation is 1. The predicted molar refractivity (Wildman–Crippen MR) is 83.2 cm³/mol. The summed E-state index contributed by atoms with van der Waals surface area (Å²) in [6.45, 7) is 3.85. The Hall–Kier alpha value is -0.650. The Morgan fingerprint density at radius 2 is 2.30 bits per heavy atom. The first-order valence-electron chi connectivity index (χ1n) is 7.14. The average Bonchev–Trinajstić information content (AvgIpc) is 3.07. The van der Waals surface area contributed by atoms with Gasteiger partial charge in [-0.2, -0.15) is 0 Å². The van der Waals surface area contributed by atoms with E-state index in [9.17, 15) is 4.79 Å². The fraction of sp³-hybridized carbons (Fsp3) is 0.714. The predicted octanol–water partition coefficient (Wildman–Crippen LogP) is 1.87. The van der Waals surface area contributed by atoms with Crippen LogP contribution >= 0.6 is 23.7 Å². The van der Waals surface area contributed by atoms with Crippen LogP contribution in [-0.4, -0.2) is 34.9 Å². The van der Waals surface area contributed by atoms with Crippen LogP contribution in [0, 0.1) is 11.8 Å². The van der Waals surface area contributed by atoms with Crippen molar-refractivity contribution in [2.45, 2.75) is 38.6 Å². The van der Waals surface area contributed by atoms with Crippen LogP contribution in [0.15, 0.2) is 5.38 Å². The van der Waals surface area contributed by atoms with Gasteiger partial charge in [-0.25, -0.2) is 4.98 Å². The molecule has 0 spiro atoms. The highest BCUT2D eigenvalue weighted by atomic mass is 35.5. The highest BCUT2D eigenvalue weighted by molar-refractivity contribution is 7.09. The minimum Gasteiger partial charge on any atom is -0.342 e. The first-order chi connectivity index (χ1) is 9.17. The summed E-state index contributed by atoms with van der Waals surface area (Å²) in [5, 5.41) is 3.13. The number of fused-ring (bicyclic) bond motifs is 1. The van der Waals surface area contributed by atoms with Gasteiger partial charge in [0.05, 0.1) is 17.1 Å². The molecule has 2 aliphatic rings. The summed E-state index contributed by atoms with van der Waals surface area (Å²) in [5.41, 5.74) is 7.03. The van der Waals surface area contributed by atoms with E-state index in [4.69, 9.17) is 5.73 Å². The van der Waals surface area contributed by atoms with E-state index < -0.39 is 0 Å². The van der Waals surface area contributed by atoms with Gasteiger partial charge in [0, 0.05) is 24.5 Å². The van der Waals surface area contributed by atoms with Gasteiger partial charge in [0.1, 0.15) is 0 Å². The number of nitrogens with zero attached hydrogens (tertiary/aromatic N) is 2. The molecule has 2 N–H and O–H groups in total. The summed E-state index contributed by atoms with van der Waals surface area (Å²) >= 11 is 1.65. The smallest absolute Gasteiger partial charge is 0.228 e. The highest BCUT2D eigenvalue weighted by Gasteiger charge is 2.42. The van der Waals surface area contributed by atoms with Crippen molar-refractivity contribution in [2.75, 3.05) is 13.1 Å². The normalized spacial score (nSPS) is 28.3. The maximum absolute atomic E-state index is 12.3. The Bertz CT molecular complexity index is 479. The molecule has 0 bridgehead atoms. The topological polar surface area (TPSA) is 59.2 Å². The maximum atomic E-state index is 12.3. The second-order valence-electron chi connectivity index (χ2n) is 5.73. The number of nitrogens with two attached hydrogens (primary N) is 1. The van der Waals surface area contributed by atoms with Crippen LogP contribution in [0.2, 0.25) is 0 Å². The molecule has 4 nitrogen and oxygen atoms in total. The summed E-state index contributed by atoms with van der Waals surface area (Å²) in [5.74, 6) is 1.39. The molecule has 112 valence electrons. The number of aromatic nitrogens is 1. The first-order valence-corrected chi connectivity index (χ1v) is 8.02. The van der Waals surface area contributed by atoms with Crippen LogP contribution in [0.4, 0.5) is 0 Å². The largest absolute Gasteiger partial charge is 0.342 e. The number of carbonyl (C=O) groups is 1. The molecule has 20 heavy (non-hydrogen) atoms. The van der Waals surface area contributed by atoms with Crippen LogP contribution in [0.1, 0.15) is 30.5 Å². The van der Waals surface area contributed by atoms with Crippen molar-refractivity contribution in [1.29, 1.82) is 0 Å². The molecule has 1 aliphatic carbocycles. The number of thiazole rings is 1. The zero-order valence-electron chi connectivity index (χ0n) is 11.7. The number of halogens is 1. The fourth-order valence-corrected chi connectivity index (χ4v) is 4.12. The van der Waals surface area contributed by atoms with Gasteiger partial charge in [-0.15, -0.1) is 23.7 Å².